The molecule has 1 aromatic rings. The molecule has 0 atom stereocenters. The van der Waals surface area contributed by atoms with Gasteiger partial charge in [-0.25, -0.2) is 4.79 Å². The Morgan fingerprint density at radius 1 is 1.71 bits per heavy atom. The van der Waals surface area contributed by atoms with Crippen LogP contribution in [0.25, 0.3) is 6.08 Å². The number of hydrogen-bond donors (Lipinski definition) is 1. The molecule has 0 saturated heterocycles. The van der Waals surface area contributed by atoms with Crippen molar-refractivity contribution in [3.63, 3.8) is 0 Å². The lowest BCUT2D eigenvalue weighted by atomic mass is 10.2. The van der Waals surface area contributed by atoms with E-state index in [1.54, 1.807) is 18.2 Å². The summed E-state index contributed by atoms with van der Waals surface area (Å²) < 4.78 is 5.22. The Bertz CT molecular complexity index is 409. The quantitative estimate of drug-likeness (QED) is 0.584. The van der Waals surface area contributed by atoms with Crippen LogP contribution in [0.15, 0.2) is 22.1 Å². The second-order valence-electron chi connectivity index (χ2n) is 2.63. The molecule has 0 unspecified atom stereocenters. The second kappa shape index (κ2) is 4.28. The van der Waals surface area contributed by atoms with E-state index >= 15 is 0 Å². The van der Waals surface area contributed by atoms with Gasteiger partial charge >= 0.3 is 5.97 Å². The van der Waals surface area contributed by atoms with Gasteiger partial charge in [0.1, 0.15) is 23.2 Å². The van der Waals surface area contributed by atoms with E-state index in [1.807, 2.05) is 6.92 Å². The van der Waals surface area contributed by atoms with E-state index in [4.69, 9.17) is 14.8 Å². The second-order valence-corrected chi connectivity index (χ2v) is 2.63. The summed E-state index contributed by atoms with van der Waals surface area (Å²) in [7, 11) is 0. The Balaban J connectivity index is 2.96. The number of nitrogens with zero attached hydrogens (tertiary/aromatic N) is 1. The van der Waals surface area contributed by atoms with Crippen LogP contribution in [0.4, 0.5) is 0 Å². The van der Waals surface area contributed by atoms with Gasteiger partial charge < -0.3 is 9.52 Å². The maximum Gasteiger partial charge on any atom is 0.346 e. The van der Waals surface area contributed by atoms with E-state index in [0.717, 1.165) is 12.2 Å². The van der Waals surface area contributed by atoms with Crippen LogP contribution in [0, 0.1) is 11.3 Å². The molecule has 0 saturated carbocycles. The largest absolute Gasteiger partial charge is 0.477 e. The summed E-state index contributed by atoms with van der Waals surface area (Å²) >= 11 is 0. The minimum Gasteiger partial charge on any atom is -0.477 e. The van der Waals surface area contributed by atoms with E-state index in [9.17, 15) is 4.79 Å². The molecule has 0 aliphatic carbocycles. The zero-order chi connectivity index (χ0) is 10.6. The first-order valence-electron chi connectivity index (χ1n) is 4.11. The minimum absolute atomic E-state index is 0.331. The fourth-order valence-corrected chi connectivity index (χ4v) is 0.946. The molecule has 72 valence electrons. The summed E-state index contributed by atoms with van der Waals surface area (Å²) in [6, 6.07) is 4.97. The van der Waals surface area contributed by atoms with E-state index in [-0.39, 0.29) is 5.57 Å². The molecule has 1 N–H and O–H groups in total. The van der Waals surface area contributed by atoms with Gasteiger partial charge in [0.2, 0.25) is 0 Å². The smallest absolute Gasteiger partial charge is 0.346 e. The molecule has 1 rings (SSSR count). The molecule has 0 aromatic carbocycles. The van der Waals surface area contributed by atoms with Gasteiger partial charge in [0.25, 0.3) is 0 Å². The summed E-state index contributed by atoms with van der Waals surface area (Å²) in [6.07, 6.45) is 1.95. The highest BCUT2D eigenvalue weighted by Crippen LogP contribution is 2.12. The molecule has 0 spiro atoms. The first-order valence-corrected chi connectivity index (χ1v) is 4.11. The Morgan fingerprint density at radius 3 is 2.86 bits per heavy atom. The molecule has 0 bridgehead atoms. The van der Waals surface area contributed by atoms with Gasteiger partial charge in [0.15, 0.2) is 0 Å². The topological polar surface area (TPSA) is 74.2 Å². The third kappa shape index (κ3) is 2.23. The molecule has 1 aromatic heterocycles. The average Bonchev–Trinajstić information content (AvgIpc) is 2.61. The number of carboxylic acid groups (broad SMARTS) is 1. The van der Waals surface area contributed by atoms with Crippen molar-refractivity contribution in [1.29, 1.82) is 5.26 Å². The number of carboxylic acids is 1. The lowest BCUT2D eigenvalue weighted by Crippen LogP contribution is -1.96. The van der Waals surface area contributed by atoms with Crippen molar-refractivity contribution in [2.24, 2.45) is 0 Å². The summed E-state index contributed by atoms with van der Waals surface area (Å²) in [4.78, 5) is 10.5. The summed E-state index contributed by atoms with van der Waals surface area (Å²) in [6.45, 7) is 1.93. The number of furan rings is 1. The third-order valence-corrected chi connectivity index (χ3v) is 1.67. The number of carbonyl (C=O) groups is 1. The van der Waals surface area contributed by atoms with Crippen molar-refractivity contribution in [1.82, 2.24) is 0 Å². The highest BCUT2D eigenvalue weighted by Gasteiger charge is 2.07. The SMILES string of the molecule is CCc1ccc(/C=C(\C#N)C(=O)O)o1. The predicted octanol–water partition coefficient (Wildman–Crippen LogP) is 1.83. The number of aryl methyl sites for hydroxylation is 1. The first-order chi connectivity index (χ1) is 6.67. The molecular formula is C10H9NO3. The maximum atomic E-state index is 10.5. The molecule has 1 heterocycles. The van der Waals surface area contributed by atoms with Crippen LogP contribution in [0.3, 0.4) is 0 Å². The molecular weight excluding hydrogens is 182 g/mol. The van der Waals surface area contributed by atoms with Crippen LogP contribution in [0.2, 0.25) is 0 Å². The monoisotopic (exact) mass is 191 g/mol. The molecule has 0 fully saturated rings. The fourth-order valence-electron chi connectivity index (χ4n) is 0.946. The van der Waals surface area contributed by atoms with Crippen LogP contribution in [0.5, 0.6) is 0 Å². The van der Waals surface area contributed by atoms with Gasteiger partial charge in [0, 0.05) is 12.5 Å². The third-order valence-electron chi connectivity index (χ3n) is 1.67. The molecule has 0 aliphatic heterocycles. The zero-order valence-corrected chi connectivity index (χ0v) is 7.65. The number of rotatable bonds is 3. The van der Waals surface area contributed by atoms with Crippen molar-refractivity contribution >= 4 is 12.0 Å². The zero-order valence-electron chi connectivity index (χ0n) is 7.65. The highest BCUT2D eigenvalue weighted by molar-refractivity contribution is 5.96. The van der Waals surface area contributed by atoms with Crippen LogP contribution < -0.4 is 0 Å². The Labute approximate surface area is 81.1 Å². The number of nitriles is 1. The summed E-state index contributed by atoms with van der Waals surface area (Å²) in [5.41, 5.74) is -0.331. The van der Waals surface area contributed by atoms with E-state index in [0.29, 0.717) is 5.76 Å². The lowest BCUT2D eigenvalue weighted by molar-refractivity contribution is -0.132. The van der Waals surface area contributed by atoms with Gasteiger partial charge in [-0.05, 0) is 12.1 Å². The Kier molecular flexibility index (Phi) is 3.08. The molecule has 0 amide bonds. The lowest BCUT2D eigenvalue weighted by Gasteiger charge is -1.89. The van der Waals surface area contributed by atoms with Crippen LogP contribution in [0.1, 0.15) is 18.4 Å². The van der Waals surface area contributed by atoms with Crippen molar-refractivity contribution in [3.05, 3.63) is 29.2 Å². The Morgan fingerprint density at radius 2 is 2.43 bits per heavy atom. The van der Waals surface area contributed by atoms with Crippen molar-refractivity contribution in [2.75, 3.05) is 0 Å². The van der Waals surface area contributed by atoms with Crippen LogP contribution >= 0.6 is 0 Å². The first kappa shape index (κ1) is 10.1. The fraction of sp³-hybridized carbons (Fsp3) is 0.200. The van der Waals surface area contributed by atoms with Gasteiger partial charge in [-0.3, -0.25) is 0 Å². The van der Waals surface area contributed by atoms with E-state index in [2.05, 4.69) is 0 Å². The van der Waals surface area contributed by atoms with Gasteiger partial charge in [-0.2, -0.15) is 5.26 Å². The molecule has 14 heavy (non-hydrogen) atoms. The molecule has 4 heteroatoms. The minimum atomic E-state index is -1.25. The van der Waals surface area contributed by atoms with Crippen LogP contribution in [-0.4, -0.2) is 11.1 Å². The maximum absolute atomic E-state index is 10.5. The van der Waals surface area contributed by atoms with Crippen molar-refractivity contribution in [2.45, 2.75) is 13.3 Å². The van der Waals surface area contributed by atoms with Gasteiger partial charge in [-0.1, -0.05) is 6.92 Å². The van der Waals surface area contributed by atoms with Gasteiger partial charge in [0.05, 0.1) is 0 Å². The number of aliphatic carboxylic acids is 1. The highest BCUT2D eigenvalue weighted by atomic mass is 16.4. The predicted molar refractivity (Wildman–Crippen MR) is 49.3 cm³/mol. The molecule has 0 radical (unpaired) electrons. The normalized spacial score (nSPS) is 11.0. The van der Waals surface area contributed by atoms with Crippen molar-refractivity contribution < 1.29 is 14.3 Å². The Hall–Kier alpha value is -2.02. The van der Waals surface area contributed by atoms with E-state index in [1.165, 1.54) is 6.08 Å². The molecule has 4 nitrogen and oxygen atoms in total. The molecule has 0 aliphatic rings. The summed E-state index contributed by atoms with van der Waals surface area (Å²) in [5, 5.41) is 17.0. The van der Waals surface area contributed by atoms with Crippen LogP contribution in [-0.2, 0) is 11.2 Å². The van der Waals surface area contributed by atoms with E-state index < -0.39 is 5.97 Å². The standard InChI is InChI=1S/C10H9NO3/c1-2-8-3-4-9(14-8)5-7(6-11)10(12)13/h3-5H,2H2,1H3,(H,12,13)/b7-5+. The van der Waals surface area contributed by atoms with Crippen molar-refractivity contribution in [3.8, 4) is 6.07 Å². The van der Waals surface area contributed by atoms with Gasteiger partial charge in [-0.15, -0.1) is 0 Å². The number of hydrogen-bond acceptors (Lipinski definition) is 3. The summed E-state index contributed by atoms with van der Waals surface area (Å²) in [5.74, 6) is -0.0957. The average molecular weight is 191 g/mol.